The molecule has 0 radical (unpaired) electrons. The number of rotatable bonds is 3. The molecule has 0 saturated carbocycles. The lowest BCUT2D eigenvalue weighted by Gasteiger charge is -2.42. The minimum Gasteiger partial charge on any atom is -0.378 e. The topological polar surface area (TPSA) is 53.1 Å². The molecule has 3 aromatic carbocycles. The average molecular weight is 486 g/mol. The first kappa shape index (κ1) is 23.4. The number of piperidine rings is 2. The van der Waals surface area contributed by atoms with Gasteiger partial charge in [0.1, 0.15) is 0 Å². The van der Waals surface area contributed by atoms with Gasteiger partial charge in [0.2, 0.25) is 5.91 Å². The highest BCUT2D eigenvalue weighted by molar-refractivity contribution is 6.18. The summed E-state index contributed by atoms with van der Waals surface area (Å²) in [4.78, 5) is 33.3. The lowest BCUT2D eigenvalue weighted by molar-refractivity contribution is -0.141. The van der Waals surface area contributed by atoms with Crippen molar-refractivity contribution >= 4 is 33.4 Å². The third-order valence-electron chi connectivity index (χ3n) is 8.45. The molecule has 0 atom stereocenters. The first-order valence-electron chi connectivity index (χ1n) is 13.5. The number of hydrogen-bond acceptors (Lipinski definition) is 4. The van der Waals surface area contributed by atoms with E-state index in [0.29, 0.717) is 25.2 Å². The second-order valence-corrected chi connectivity index (χ2v) is 10.5. The Hall–Kier alpha value is -2.96. The van der Waals surface area contributed by atoms with Crippen LogP contribution in [0, 0.1) is 5.92 Å². The monoisotopic (exact) mass is 485 g/mol. The van der Waals surface area contributed by atoms with Crippen molar-refractivity contribution in [1.29, 1.82) is 0 Å². The van der Waals surface area contributed by atoms with Gasteiger partial charge in [-0.05, 0) is 66.4 Å². The van der Waals surface area contributed by atoms with E-state index in [-0.39, 0.29) is 11.8 Å². The third kappa shape index (κ3) is 4.48. The van der Waals surface area contributed by atoms with E-state index in [2.05, 4.69) is 40.1 Å². The molecule has 3 aromatic rings. The maximum absolute atomic E-state index is 13.8. The zero-order valence-corrected chi connectivity index (χ0v) is 20.9. The maximum Gasteiger partial charge on any atom is 0.255 e. The molecule has 3 fully saturated rings. The number of fused-ring (bicyclic) bond motifs is 2. The van der Waals surface area contributed by atoms with Gasteiger partial charge in [-0.3, -0.25) is 9.59 Å². The normalized spacial score (nSPS) is 20.8. The summed E-state index contributed by atoms with van der Waals surface area (Å²) in [5.41, 5.74) is 0.838. The van der Waals surface area contributed by atoms with Crippen molar-refractivity contribution in [1.82, 2.24) is 14.7 Å². The summed E-state index contributed by atoms with van der Waals surface area (Å²) in [6, 6.07) is 19.1. The van der Waals surface area contributed by atoms with E-state index in [1.54, 1.807) is 0 Å². The van der Waals surface area contributed by atoms with Crippen molar-refractivity contribution in [3.8, 4) is 0 Å². The second kappa shape index (κ2) is 10.2. The average Bonchev–Trinajstić information content (AvgIpc) is 2.96. The number of likely N-dealkylation sites (tertiary alicyclic amines) is 2. The second-order valence-electron chi connectivity index (χ2n) is 10.5. The van der Waals surface area contributed by atoms with E-state index in [4.69, 9.17) is 4.74 Å². The van der Waals surface area contributed by atoms with Gasteiger partial charge in [-0.25, -0.2) is 0 Å². The van der Waals surface area contributed by atoms with Crippen molar-refractivity contribution in [2.24, 2.45) is 5.92 Å². The lowest BCUT2D eigenvalue weighted by atomic mass is 9.91. The number of hydrogen-bond donors (Lipinski definition) is 0. The summed E-state index contributed by atoms with van der Waals surface area (Å²) in [5, 5.41) is 4.30. The molecule has 0 N–H and O–H groups in total. The van der Waals surface area contributed by atoms with Crippen LogP contribution in [0.4, 0.5) is 0 Å². The van der Waals surface area contributed by atoms with E-state index in [1.807, 2.05) is 29.2 Å². The van der Waals surface area contributed by atoms with Crippen LogP contribution in [0.2, 0.25) is 0 Å². The Morgan fingerprint density at radius 1 is 0.694 bits per heavy atom. The van der Waals surface area contributed by atoms with Crippen LogP contribution in [0.25, 0.3) is 21.5 Å². The molecule has 6 rings (SSSR count). The van der Waals surface area contributed by atoms with Gasteiger partial charge < -0.3 is 19.4 Å². The fourth-order valence-corrected chi connectivity index (χ4v) is 6.39. The Balaban J connectivity index is 1.10. The molecule has 0 bridgehead atoms. The zero-order valence-electron chi connectivity index (χ0n) is 20.9. The minimum absolute atomic E-state index is 0.149. The number of carbonyl (C=O) groups is 2. The molecule has 0 unspecified atom stereocenters. The van der Waals surface area contributed by atoms with E-state index in [1.165, 1.54) is 0 Å². The Labute approximate surface area is 212 Å². The van der Waals surface area contributed by atoms with E-state index in [9.17, 15) is 9.59 Å². The summed E-state index contributed by atoms with van der Waals surface area (Å²) in [7, 11) is 0. The van der Waals surface area contributed by atoms with Gasteiger partial charge in [0, 0.05) is 38.1 Å². The number of carbonyl (C=O) groups excluding carboxylic acids is 2. The minimum atomic E-state index is 0.149. The molecule has 6 nitrogen and oxygen atoms in total. The van der Waals surface area contributed by atoms with Crippen LogP contribution >= 0.6 is 0 Å². The molecule has 0 aromatic heterocycles. The van der Waals surface area contributed by atoms with Gasteiger partial charge in [-0.15, -0.1) is 0 Å². The quantitative estimate of drug-likeness (QED) is 0.523. The first-order valence-corrected chi connectivity index (χ1v) is 13.5. The summed E-state index contributed by atoms with van der Waals surface area (Å²) in [6.45, 7) is 6.32. The summed E-state index contributed by atoms with van der Waals surface area (Å²) >= 11 is 0. The molecule has 3 aliphatic rings. The van der Waals surface area contributed by atoms with Crippen LogP contribution in [0.5, 0.6) is 0 Å². The maximum atomic E-state index is 13.8. The number of amides is 2. The molecular weight excluding hydrogens is 450 g/mol. The van der Waals surface area contributed by atoms with Crippen LogP contribution in [-0.2, 0) is 9.53 Å². The lowest BCUT2D eigenvalue weighted by Crippen LogP contribution is -2.51. The molecule has 0 aliphatic carbocycles. The zero-order chi connectivity index (χ0) is 24.5. The summed E-state index contributed by atoms with van der Waals surface area (Å²) < 4.78 is 5.40. The Morgan fingerprint density at radius 2 is 1.28 bits per heavy atom. The SMILES string of the molecule is O=C(c1c2ccccc2cc2ccccc12)N1CCC(N2CCC(C(=O)N3CCOCC3)CC2)CC1. The Morgan fingerprint density at radius 3 is 1.89 bits per heavy atom. The molecular formula is C30H35N3O3. The molecule has 3 saturated heterocycles. The predicted molar refractivity (Wildman–Crippen MR) is 142 cm³/mol. The van der Waals surface area contributed by atoms with Gasteiger partial charge in [0.15, 0.2) is 0 Å². The number of nitrogens with zero attached hydrogens (tertiary/aromatic N) is 3. The van der Waals surface area contributed by atoms with Crippen molar-refractivity contribution in [2.75, 3.05) is 52.5 Å². The van der Waals surface area contributed by atoms with Crippen LogP contribution in [-0.4, -0.2) is 85.0 Å². The first-order chi connectivity index (χ1) is 17.7. The number of ether oxygens (including phenoxy) is 1. The molecule has 3 heterocycles. The van der Waals surface area contributed by atoms with Gasteiger partial charge in [0.05, 0.1) is 18.8 Å². The van der Waals surface area contributed by atoms with Crippen molar-refractivity contribution in [3.63, 3.8) is 0 Å². The predicted octanol–water partition coefficient (Wildman–Crippen LogP) is 4.17. The summed E-state index contributed by atoms with van der Waals surface area (Å²) in [6.07, 6.45) is 3.88. The van der Waals surface area contributed by atoms with Gasteiger partial charge in [-0.2, -0.15) is 0 Å². The number of morpholine rings is 1. The van der Waals surface area contributed by atoms with Crippen LogP contribution < -0.4 is 0 Å². The van der Waals surface area contributed by atoms with E-state index < -0.39 is 0 Å². The molecule has 2 amide bonds. The molecule has 6 heteroatoms. The third-order valence-corrected chi connectivity index (χ3v) is 8.45. The van der Waals surface area contributed by atoms with E-state index in [0.717, 1.165) is 92.1 Å². The fraction of sp³-hybridized carbons (Fsp3) is 0.467. The molecule has 3 aliphatic heterocycles. The van der Waals surface area contributed by atoms with Crippen LogP contribution in [0.3, 0.4) is 0 Å². The van der Waals surface area contributed by atoms with Crippen LogP contribution in [0.15, 0.2) is 54.6 Å². The molecule has 36 heavy (non-hydrogen) atoms. The van der Waals surface area contributed by atoms with E-state index >= 15 is 0 Å². The Bertz CT molecular complexity index is 1200. The van der Waals surface area contributed by atoms with Gasteiger partial charge >= 0.3 is 0 Å². The summed E-state index contributed by atoms with van der Waals surface area (Å²) in [5.74, 6) is 0.623. The molecule has 0 spiro atoms. The van der Waals surface area contributed by atoms with Crippen molar-refractivity contribution < 1.29 is 14.3 Å². The van der Waals surface area contributed by atoms with Crippen molar-refractivity contribution in [3.05, 3.63) is 60.2 Å². The standard InChI is InChI=1S/C30H35N3O3/c34-29(33-17-19-36-20-18-33)22-9-13-31(14-10-22)25-11-15-32(16-12-25)30(35)28-26-7-3-1-5-23(26)21-24-6-2-4-8-27(24)28/h1-8,21-22,25H,9-20H2. The largest absolute Gasteiger partial charge is 0.378 e. The fourth-order valence-electron chi connectivity index (χ4n) is 6.39. The highest BCUT2D eigenvalue weighted by atomic mass is 16.5. The van der Waals surface area contributed by atoms with Crippen molar-refractivity contribution in [2.45, 2.75) is 31.7 Å². The van der Waals surface area contributed by atoms with Gasteiger partial charge in [0.25, 0.3) is 5.91 Å². The highest BCUT2D eigenvalue weighted by Gasteiger charge is 2.34. The van der Waals surface area contributed by atoms with Gasteiger partial charge in [-0.1, -0.05) is 48.5 Å². The highest BCUT2D eigenvalue weighted by Crippen LogP contribution is 2.31. The van der Waals surface area contributed by atoms with Crippen LogP contribution in [0.1, 0.15) is 36.0 Å². The smallest absolute Gasteiger partial charge is 0.255 e. The molecule has 188 valence electrons. The number of benzene rings is 3. The Kier molecular flexibility index (Phi) is 6.63.